The Morgan fingerprint density at radius 3 is 2.88 bits per heavy atom. The third kappa shape index (κ3) is 3.44. The van der Waals surface area contributed by atoms with Gasteiger partial charge in [-0.1, -0.05) is 18.2 Å². The maximum absolute atomic E-state index is 12.4. The zero-order chi connectivity index (χ0) is 17.8. The van der Waals surface area contributed by atoms with Gasteiger partial charge in [0, 0.05) is 36.4 Å². The number of anilines is 1. The average Bonchev–Trinajstić information content (AvgIpc) is 3.21. The predicted octanol–water partition coefficient (Wildman–Crippen LogP) is 3.47. The second-order valence-electron chi connectivity index (χ2n) is 6.39. The molecule has 1 aromatic carbocycles. The van der Waals surface area contributed by atoms with Crippen LogP contribution in [-0.4, -0.2) is 20.8 Å². The van der Waals surface area contributed by atoms with Crippen molar-refractivity contribution in [1.29, 1.82) is 0 Å². The number of benzene rings is 1. The summed E-state index contributed by atoms with van der Waals surface area (Å²) in [5.74, 6) is 0.717. The van der Waals surface area contributed by atoms with Crippen molar-refractivity contribution in [3.63, 3.8) is 0 Å². The molecule has 6 nitrogen and oxygen atoms in total. The molecule has 1 aliphatic carbocycles. The van der Waals surface area contributed by atoms with Gasteiger partial charge in [-0.25, -0.2) is 14.5 Å². The van der Waals surface area contributed by atoms with E-state index >= 15 is 0 Å². The predicted molar refractivity (Wildman–Crippen MR) is 100 cm³/mol. The Kier molecular flexibility index (Phi) is 4.64. The smallest absolute Gasteiger partial charge is 0.319 e. The van der Waals surface area contributed by atoms with Gasteiger partial charge in [-0.3, -0.25) is 0 Å². The average molecular weight is 347 g/mol. The highest BCUT2D eigenvalue weighted by atomic mass is 16.2. The molecule has 0 radical (unpaired) electrons. The minimum absolute atomic E-state index is 0.209. The fourth-order valence-corrected chi connectivity index (χ4v) is 3.41. The van der Waals surface area contributed by atoms with E-state index < -0.39 is 0 Å². The summed E-state index contributed by atoms with van der Waals surface area (Å²) in [5.41, 5.74) is 4.44. The quantitative estimate of drug-likeness (QED) is 0.759. The van der Waals surface area contributed by atoms with Gasteiger partial charge >= 0.3 is 6.03 Å². The number of urea groups is 1. The molecular weight excluding hydrogens is 326 g/mol. The van der Waals surface area contributed by atoms with Crippen molar-refractivity contribution in [3.05, 3.63) is 71.7 Å². The molecule has 0 spiro atoms. The Balaban J connectivity index is 1.44. The van der Waals surface area contributed by atoms with Crippen LogP contribution in [0.4, 0.5) is 10.5 Å². The van der Waals surface area contributed by atoms with Crippen molar-refractivity contribution in [1.82, 2.24) is 20.1 Å². The molecule has 1 aliphatic rings. The summed E-state index contributed by atoms with van der Waals surface area (Å²) in [6, 6.07) is 11.6. The van der Waals surface area contributed by atoms with Gasteiger partial charge in [0.25, 0.3) is 0 Å². The van der Waals surface area contributed by atoms with E-state index in [1.54, 1.807) is 17.1 Å². The van der Waals surface area contributed by atoms with Crippen LogP contribution in [0.15, 0.2) is 55.0 Å². The second-order valence-corrected chi connectivity index (χ2v) is 6.39. The number of nitrogens with one attached hydrogen (secondary N) is 2. The van der Waals surface area contributed by atoms with Crippen LogP contribution in [0.3, 0.4) is 0 Å². The fraction of sp³-hybridized carbons (Fsp3) is 0.250. The Hall–Kier alpha value is -3.15. The number of fused-ring (bicyclic) bond motifs is 1. The zero-order valence-corrected chi connectivity index (χ0v) is 14.5. The van der Waals surface area contributed by atoms with E-state index in [1.807, 2.05) is 36.5 Å². The van der Waals surface area contributed by atoms with Gasteiger partial charge < -0.3 is 10.6 Å². The summed E-state index contributed by atoms with van der Waals surface area (Å²) >= 11 is 0. The summed E-state index contributed by atoms with van der Waals surface area (Å²) in [6.45, 7) is 0.379. The molecule has 4 rings (SSSR count). The number of carbonyl (C=O) groups is 1. The van der Waals surface area contributed by atoms with Gasteiger partial charge in [0.1, 0.15) is 0 Å². The molecule has 132 valence electrons. The SMILES string of the molecule is O=C(NCc1cccnc1-n1cccn1)Nc1cccc2c1CCCC2. The number of nitrogens with zero attached hydrogens (tertiary/aromatic N) is 3. The lowest BCUT2D eigenvalue weighted by Gasteiger charge is -2.19. The number of carbonyl (C=O) groups excluding carboxylic acids is 1. The van der Waals surface area contributed by atoms with Crippen LogP contribution < -0.4 is 10.6 Å². The van der Waals surface area contributed by atoms with Gasteiger partial charge in [-0.2, -0.15) is 5.10 Å². The lowest BCUT2D eigenvalue weighted by molar-refractivity contribution is 0.251. The highest BCUT2D eigenvalue weighted by Crippen LogP contribution is 2.27. The van der Waals surface area contributed by atoms with Crippen LogP contribution in [0.25, 0.3) is 5.82 Å². The molecular formula is C20H21N5O. The number of rotatable bonds is 4. The molecule has 0 saturated carbocycles. The zero-order valence-electron chi connectivity index (χ0n) is 14.5. The number of amides is 2. The highest BCUT2D eigenvalue weighted by Gasteiger charge is 2.14. The standard InChI is InChI=1S/C20H21N5O/c26-20(24-18-10-3-7-15-6-1-2-9-17(15)18)22-14-16-8-4-11-21-19(16)25-13-5-12-23-25/h3-5,7-8,10-13H,1-2,6,9,14H2,(H2,22,24,26). The molecule has 0 saturated heterocycles. The Morgan fingerprint density at radius 2 is 2.00 bits per heavy atom. The van der Waals surface area contributed by atoms with Gasteiger partial charge in [0.05, 0.1) is 0 Å². The molecule has 2 heterocycles. The molecule has 0 aliphatic heterocycles. The first-order valence-electron chi connectivity index (χ1n) is 8.91. The fourth-order valence-electron chi connectivity index (χ4n) is 3.41. The van der Waals surface area contributed by atoms with Crippen molar-refractivity contribution >= 4 is 11.7 Å². The van der Waals surface area contributed by atoms with E-state index in [2.05, 4.69) is 26.8 Å². The van der Waals surface area contributed by atoms with Gasteiger partial charge in [-0.05, 0) is 55.0 Å². The minimum Gasteiger partial charge on any atom is -0.334 e. The molecule has 2 amide bonds. The molecule has 0 atom stereocenters. The molecule has 2 N–H and O–H groups in total. The normalized spacial score (nSPS) is 13.1. The van der Waals surface area contributed by atoms with Gasteiger partial charge in [-0.15, -0.1) is 0 Å². The van der Waals surface area contributed by atoms with Crippen molar-refractivity contribution in [2.24, 2.45) is 0 Å². The molecule has 0 fully saturated rings. The van der Waals surface area contributed by atoms with Crippen LogP contribution in [0.1, 0.15) is 29.5 Å². The van der Waals surface area contributed by atoms with Gasteiger partial charge in [0.2, 0.25) is 0 Å². The first-order chi connectivity index (χ1) is 12.8. The van der Waals surface area contributed by atoms with Crippen molar-refractivity contribution in [3.8, 4) is 5.82 Å². The summed E-state index contributed by atoms with van der Waals surface area (Å²) in [7, 11) is 0. The Morgan fingerprint density at radius 1 is 1.08 bits per heavy atom. The second kappa shape index (κ2) is 7.39. The monoisotopic (exact) mass is 347 g/mol. The molecule has 0 unspecified atom stereocenters. The minimum atomic E-state index is -0.209. The third-order valence-electron chi connectivity index (χ3n) is 4.67. The first kappa shape index (κ1) is 16.3. The van der Waals surface area contributed by atoms with Crippen LogP contribution in [0.5, 0.6) is 0 Å². The molecule has 2 aromatic heterocycles. The summed E-state index contributed by atoms with van der Waals surface area (Å²) < 4.78 is 1.70. The Bertz CT molecular complexity index is 904. The largest absolute Gasteiger partial charge is 0.334 e. The number of aryl methyl sites for hydroxylation is 1. The molecule has 26 heavy (non-hydrogen) atoms. The lowest BCUT2D eigenvalue weighted by Crippen LogP contribution is -2.29. The van der Waals surface area contributed by atoms with E-state index in [4.69, 9.17) is 0 Å². The van der Waals surface area contributed by atoms with Crippen molar-refractivity contribution < 1.29 is 4.79 Å². The number of aromatic nitrogens is 3. The molecule has 0 bridgehead atoms. The van der Waals surface area contributed by atoms with Crippen LogP contribution in [-0.2, 0) is 19.4 Å². The molecule has 6 heteroatoms. The van der Waals surface area contributed by atoms with E-state index in [0.717, 1.165) is 29.9 Å². The number of hydrogen-bond donors (Lipinski definition) is 2. The van der Waals surface area contributed by atoms with E-state index in [0.29, 0.717) is 6.54 Å². The third-order valence-corrected chi connectivity index (χ3v) is 4.67. The summed E-state index contributed by atoms with van der Waals surface area (Å²) in [5, 5.41) is 10.1. The van der Waals surface area contributed by atoms with Crippen molar-refractivity contribution in [2.45, 2.75) is 32.2 Å². The van der Waals surface area contributed by atoms with Crippen LogP contribution >= 0.6 is 0 Å². The highest BCUT2D eigenvalue weighted by molar-refractivity contribution is 5.90. The lowest BCUT2D eigenvalue weighted by atomic mass is 9.90. The van der Waals surface area contributed by atoms with Crippen LogP contribution in [0.2, 0.25) is 0 Å². The van der Waals surface area contributed by atoms with Gasteiger partial charge in [0.15, 0.2) is 5.82 Å². The van der Waals surface area contributed by atoms with E-state index in [9.17, 15) is 4.79 Å². The van der Waals surface area contributed by atoms with Crippen LogP contribution in [0, 0.1) is 0 Å². The number of pyridine rings is 1. The maximum atomic E-state index is 12.4. The Labute approximate surface area is 152 Å². The van der Waals surface area contributed by atoms with E-state index in [1.165, 1.54) is 24.0 Å². The first-order valence-corrected chi connectivity index (χ1v) is 8.91. The maximum Gasteiger partial charge on any atom is 0.319 e. The topological polar surface area (TPSA) is 71.8 Å². The molecule has 3 aromatic rings. The summed E-state index contributed by atoms with van der Waals surface area (Å²) in [4.78, 5) is 16.8. The van der Waals surface area contributed by atoms with E-state index in [-0.39, 0.29) is 6.03 Å². The van der Waals surface area contributed by atoms with Crippen molar-refractivity contribution in [2.75, 3.05) is 5.32 Å². The number of hydrogen-bond acceptors (Lipinski definition) is 3. The summed E-state index contributed by atoms with van der Waals surface area (Å²) in [6.07, 6.45) is 9.78.